The van der Waals surface area contributed by atoms with Crippen molar-refractivity contribution in [3.8, 4) is 5.75 Å². The van der Waals surface area contributed by atoms with Gasteiger partial charge in [0.15, 0.2) is 6.61 Å². The summed E-state index contributed by atoms with van der Waals surface area (Å²) in [6.07, 6.45) is 0. The van der Waals surface area contributed by atoms with Crippen molar-refractivity contribution in [1.29, 1.82) is 0 Å². The van der Waals surface area contributed by atoms with E-state index in [2.05, 4.69) is 10.6 Å². The van der Waals surface area contributed by atoms with Crippen LogP contribution in [0.2, 0.25) is 0 Å². The highest BCUT2D eigenvalue weighted by molar-refractivity contribution is 5.92. The van der Waals surface area contributed by atoms with Crippen molar-refractivity contribution < 1.29 is 14.6 Å². The smallest absolute Gasteiger partial charge is 0.262 e. The Bertz CT molecular complexity index is 720. The van der Waals surface area contributed by atoms with Gasteiger partial charge in [-0.15, -0.1) is 12.4 Å². The fourth-order valence-electron chi connectivity index (χ4n) is 2.22. The number of carbonyl (C=O) groups excluding carboxylic acids is 1. The van der Waals surface area contributed by atoms with Crippen molar-refractivity contribution in [2.24, 2.45) is 0 Å². The molecule has 1 amide bonds. The fourth-order valence-corrected chi connectivity index (χ4v) is 2.22. The molecule has 0 spiro atoms. The lowest BCUT2D eigenvalue weighted by atomic mass is 10.1. The first-order chi connectivity index (χ1) is 11.9. The average Bonchev–Trinajstić information content (AvgIpc) is 2.61. The molecule has 26 heavy (non-hydrogen) atoms. The van der Waals surface area contributed by atoms with Crippen LogP contribution >= 0.6 is 12.4 Å². The van der Waals surface area contributed by atoms with Crippen molar-refractivity contribution in [3.63, 3.8) is 0 Å². The summed E-state index contributed by atoms with van der Waals surface area (Å²) in [5.41, 5.74) is 2.35. The van der Waals surface area contributed by atoms with Crippen LogP contribution < -0.4 is 15.4 Å². The Morgan fingerprint density at radius 3 is 2.46 bits per heavy atom. The number of benzene rings is 2. The number of para-hydroxylation sites is 2. The molecule has 0 aliphatic carbocycles. The molecular weight excluding hydrogens is 352 g/mol. The van der Waals surface area contributed by atoms with Gasteiger partial charge in [-0.2, -0.15) is 0 Å². The van der Waals surface area contributed by atoms with Crippen molar-refractivity contribution >= 4 is 24.0 Å². The van der Waals surface area contributed by atoms with Crippen molar-refractivity contribution in [2.75, 3.05) is 18.5 Å². The van der Waals surface area contributed by atoms with Crippen LogP contribution in [0.1, 0.15) is 25.0 Å². The molecule has 0 aliphatic heterocycles. The quantitative estimate of drug-likeness (QED) is 0.659. The minimum Gasteiger partial charge on any atom is -0.483 e. The van der Waals surface area contributed by atoms with Crippen LogP contribution in [-0.4, -0.2) is 29.8 Å². The average molecular weight is 379 g/mol. The zero-order valence-corrected chi connectivity index (χ0v) is 16.2. The van der Waals surface area contributed by atoms with Gasteiger partial charge in [0.1, 0.15) is 5.75 Å². The van der Waals surface area contributed by atoms with E-state index >= 15 is 0 Å². The van der Waals surface area contributed by atoms with E-state index in [-0.39, 0.29) is 37.1 Å². The SMILES string of the molecule is Cc1ccccc1NC(=O)COc1ccccc1CNC(C)(C)CO.Cl. The van der Waals surface area contributed by atoms with Gasteiger partial charge in [0, 0.05) is 23.3 Å². The number of rotatable bonds is 8. The Kier molecular flexibility index (Phi) is 8.58. The fraction of sp³-hybridized carbons (Fsp3) is 0.350. The predicted molar refractivity (Wildman–Crippen MR) is 107 cm³/mol. The molecule has 0 aromatic heterocycles. The van der Waals surface area contributed by atoms with Gasteiger partial charge in [-0.3, -0.25) is 4.79 Å². The van der Waals surface area contributed by atoms with Crippen molar-refractivity contribution in [3.05, 3.63) is 59.7 Å². The van der Waals surface area contributed by atoms with E-state index in [4.69, 9.17) is 4.74 Å². The third kappa shape index (κ3) is 6.67. The zero-order valence-electron chi connectivity index (χ0n) is 15.4. The van der Waals surface area contributed by atoms with Gasteiger partial charge in [0.25, 0.3) is 5.91 Å². The van der Waals surface area contributed by atoms with E-state index in [1.165, 1.54) is 0 Å². The van der Waals surface area contributed by atoms with Crippen LogP contribution in [0.4, 0.5) is 5.69 Å². The van der Waals surface area contributed by atoms with Crippen molar-refractivity contribution in [2.45, 2.75) is 32.9 Å². The Balaban J connectivity index is 0.00000338. The number of carbonyl (C=O) groups is 1. The maximum atomic E-state index is 12.1. The molecule has 0 bridgehead atoms. The third-order valence-electron chi connectivity index (χ3n) is 3.90. The molecular formula is C20H27ClN2O3. The zero-order chi connectivity index (χ0) is 18.3. The van der Waals surface area contributed by atoms with Crippen LogP contribution in [0.25, 0.3) is 0 Å². The van der Waals surface area contributed by atoms with Crippen LogP contribution in [0.5, 0.6) is 5.75 Å². The maximum Gasteiger partial charge on any atom is 0.262 e. The first-order valence-corrected chi connectivity index (χ1v) is 8.33. The number of aliphatic hydroxyl groups excluding tert-OH is 1. The van der Waals surface area contributed by atoms with Gasteiger partial charge < -0.3 is 20.5 Å². The minimum atomic E-state index is -0.380. The number of amides is 1. The Morgan fingerprint density at radius 1 is 1.12 bits per heavy atom. The van der Waals surface area contributed by atoms with Crippen LogP contribution in [-0.2, 0) is 11.3 Å². The summed E-state index contributed by atoms with van der Waals surface area (Å²) in [4.78, 5) is 12.1. The number of aliphatic hydroxyl groups is 1. The predicted octanol–water partition coefficient (Wildman–Crippen LogP) is 3.29. The highest BCUT2D eigenvalue weighted by Gasteiger charge is 2.16. The Hall–Kier alpha value is -2.08. The topological polar surface area (TPSA) is 70.6 Å². The lowest BCUT2D eigenvalue weighted by molar-refractivity contribution is -0.118. The summed E-state index contributed by atoms with van der Waals surface area (Å²) in [5.74, 6) is 0.455. The summed E-state index contributed by atoms with van der Waals surface area (Å²) in [5, 5.41) is 15.5. The first-order valence-electron chi connectivity index (χ1n) is 8.33. The van der Waals surface area contributed by atoms with Crippen LogP contribution in [0.15, 0.2) is 48.5 Å². The number of aryl methyl sites for hydroxylation is 1. The molecule has 0 aliphatic rings. The van der Waals surface area contributed by atoms with Gasteiger partial charge in [0.2, 0.25) is 0 Å². The standard InChI is InChI=1S/C20H26N2O3.ClH/c1-15-8-4-6-10-17(15)22-19(24)13-25-18-11-7-5-9-16(18)12-21-20(2,3)14-23;/h4-11,21,23H,12-14H2,1-3H3,(H,22,24);1H. The highest BCUT2D eigenvalue weighted by atomic mass is 35.5. The first kappa shape index (κ1) is 22.0. The van der Waals surface area contributed by atoms with Crippen LogP contribution in [0.3, 0.4) is 0 Å². The molecule has 0 saturated heterocycles. The second-order valence-electron chi connectivity index (χ2n) is 6.66. The molecule has 2 aromatic carbocycles. The molecule has 142 valence electrons. The van der Waals surface area contributed by atoms with Crippen molar-refractivity contribution in [1.82, 2.24) is 5.32 Å². The normalized spacial score (nSPS) is 10.8. The maximum absolute atomic E-state index is 12.1. The van der Waals surface area contributed by atoms with Gasteiger partial charge in [-0.25, -0.2) is 0 Å². The van der Waals surface area contributed by atoms with Gasteiger partial charge in [-0.05, 0) is 38.5 Å². The lowest BCUT2D eigenvalue weighted by Crippen LogP contribution is -2.42. The monoisotopic (exact) mass is 378 g/mol. The molecule has 2 aromatic rings. The minimum absolute atomic E-state index is 0. The van der Waals surface area contributed by atoms with Gasteiger partial charge in [-0.1, -0.05) is 36.4 Å². The largest absolute Gasteiger partial charge is 0.483 e. The summed E-state index contributed by atoms with van der Waals surface area (Å²) in [6, 6.07) is 15.2. The molecule has 0 heterocycles. The van der Waals surface area contributed by atoms with E-state index in [1.807, 2.05) is 69.3 Å². The van der Waals surface area contributed by atoms with E-state index < -0.39 is 0 Å². The summed E-state index contributed by atoms with van der Waals surface area (Å²) < 4.78 is 5.70. The molecule has 0 radical (unpaired) electrons. The molecule has 0 unspecified atom stereocenters. The summed E-state index contributed by atoms with van der Waals surface area (Å²) in [6.45, 7) is 6.31. The molecule has 6 heteroatoms. The molecule has 0 fully saturated rings. The Labute approximate surface area is 161 Å². The lowest BCUT2D eigenvalue weighted by Gasteiger charge is -2.24. The summed E-state index contributed by atoms with van der Waals surface area (Å²) in [7, 11) is 0. The number of halogens is 1. The number of hydrogen-bond acceptors (Lipinski definition) is 4. The number of anilines is 1. The van der Waals surface area contributed by atoms with E-state index in [0.29, 0.717) is 12.3 Å². The molecule has 2 rings (SSSR count). The van der Waals surface area contributed by atoms with E-state index in [9.17, 15) is 9.90 Å². The number of hydrogen-bond donors (Lipinski definition) is 3. The van der Waals surface area contributed by atoms with E-state index in [0.717, 1.165) is 16.8 Å². The van der Waals surface area contributed by atoms with E-state index in [1.54, 1.807) is 0 Å². The molecule has 5 nitrogen and oxygen atoms in total. The second-order valence-corrected chi connectivity index (χ2v) is 6.66. The van der Waals surface area contributed by atoms with Gasteiger partial charge >= 0.3 is 0 Å². The molecule has 0 atom stereocenters. The Morgan fingerprint density at radius 2 is 1.77 bits per heavy atom. The second kappa shape index (κ2) is 10.2. The molecule has 0 saturated carbocycles. The number of ether oxygens (including phenoxy) is 1. The van der Waals surface area contributed by atoms with Gasteiger partial charge in [0.05, 0.1) is 6.61 Å². The summed E-state index contributed by atoms with van der Waals surface area (Å²) >= 11 is 0. The molecule has 3 N–H and O–H groups in total. The van der Waals surface area contributed by atoms with Crippen LogP contribution in [0, 0.1) is 6.92 Å². The highest BCUT2D eigenvalue weighted by Crippen LogP contribution is 2.19. The number of nitrogens with one attached hydrogen (secondary N) is 2. The third-order valence-corrected chi connectivity index (χ3v) is 3.90.